The van der Waals surface area contributed by atoms with E-state index in [1.807, 2.05) is 41.5 Å². The van der Waals surface area contributed by atoms with Gasteiger partial charge in [0, 0.05) is 12.5 Å². The molecule has 0 aliphatic rings. The van der Waals surface area contributed by atoms with E-state index in [9.17, 15) is 18.3 Å². The standard InChI is InChI=1S/C18H28F3NO.ClH/c1-16(2,3)12-9-11(14(22)7-8-18(19,20)21)10-13(15(12)23)17(4,5)6;/h9-10,14,23H,7-8,22H2,1-6H3;1H/t14-;/m0./s1. The quantitative estimate of drug-likeness (QED) is 0.714. The Morgan fingerprint density at radius 2 is 1.33 bits per heavy atom. The van der Waals surface area contributed by atoms with Gasteiger partial charge in [-0.3, -0.25) is 0 Å². The van der Waals surface area contributed by atoms with Crippen LogP contribution < -0.4 is 5.73 Å². The van der Waals surface area contributed by atoms with E-state index in [2.05, 4.69) is 0 Å². The third-order valence-corrected chi connectivity index (χ3v) is 3.92. The number of hydrogen-bond acceptors (Lipinski definition) is 2. The maximum Gasteiger partial charge on any atom is 0.389 e. The number of alkyl halides is 3. The van der Waals surface area contributed by atoms with Crippen molar-refractivity contribution in [1.82, 2.24) is 0 Å². The molecule has 1 aromatic carbocycles. The molecular formula is C18H29ClF3NO. The van der Waals surface area contributed by atoms with Gasteiger partial charge in [0.2, 0.25) is 0 Å². The van der Waals surface area contributed by atoms with Gasteiger partial charge < -0.3 is 10.8 Å². The number of benzene rings is 1. The molecule has 140 valence electrons. The van der Waals surface area contributed by atoms with Gasteiger partial charge in [-0.1, -0.05) is 53.7 Å². The second kappa shape index (κ2) is 7.52. The molecule has 1 rings (SSSR count). The molecule has 0 amide bonds. The van der Waals surface area contributed by atoms with Crippen LogP contribution in [0, 0.1) is 0 Å². The average Bonchev–Trinajstić information content (AvgIpc) is 2.32. The van der Waals surface area contributed by atoms with Crippen molar-refractivity contribution < 1.29 is 18.3 Å². The zero-order valence-electron chi connectivity index (χ0n) is 15.2. The third-order valence-electron chi connectivity index (χ3n) is 3.92. The van der Waals surface area contributed by atoms with Crippen LogP contribution >= 0.6 is 12.4 Å². The molecule has 0 bridgehead atoms. The minimum Gasteiger partial charge on any atom is -0.507 e. The average molecular weight is 368 g/mol. The van der Waals surface area contributed by atoms with Crippen molar-refractivity contribution >= 4 is 12.4 Å². The van der Waals surface area contributed by atoms with Crippen molar-refractivity contribution in [3.05, 3.63) is 28.8 Å². The molecule has 0 aliphatic heterocycles. The molecular weight excluding hydrogens is 339 g/mol. The number of phenolic OH excluding ortho intramolecular Hbond substituents is 1. The monoisotopic (exact) mass is 367 g/mol. The smallest absolute Gasteiger partial charge is 0.389 e. The van der Waals surface area contributed by atoms with Crippen LogP contribution in [0.5, 0.6) is 5.75 Å². The summed E-state index contributed by atoms with van der Waals surface area (Å²) >= 11 is 0. The van der Waals surface area contributed by atoms with Crippen LogP contribution in [0.15, 0.2) is 12.1 Å². The van der Waals surface area contributed by atoms with Gasteiger partial charge in [-0.05, 0) is 33.9 Å². The van der Waals surface area contributed by atoms with Crippen molar-refractivity contribution in [1.29, 1.82) is 0 Å². The molecule has 2 nitrogen and oxygen atoms in total. The SMILES string of the molecule is CC(C)(C)c1cc([C@@H](N)CCC(F)(F)F)cc(C(C)(C)C)c1O.Cl. The van der Waals surface area contributed by atoms with E-state index in [-0.39, 0.29) is 35.4 Å². The minimum absolute atomic E-state index is 0. The van der Waals surface area contributed by atoms with Gasteiger partial charge in [0.05, 0.1) is 0 Å². The van der Waals surface area contributed by atoms with E-state index < -0.39 is 18.6 Å². The summed E-state index contributed by atoms with van der Waals surface area (Å²) in [6.45, 7) is 11.7. The predicted octanol–water partition coefficient (Wildman–Crippen LogP) is 5.75. The third kappa shape index (κ3) is 6.17. The second-order valence-electron chi connectivity index (χ2n) is 8.22. The Morgan fingerprint density at radius 3 is 1.62 bits per heavy atom. The lowest BCUT2D eigenvalue weighted by Gasteiger charge is -2.29. The fourth-order valence-electron chi connectivity index (χ4n) is 2.50. The van der Waals surface area contributed by atoms with Gasteiger partial charge in [-0.2, -0.15) is 13.2 Å². The van der Waals surface area contributed by atoms with Crippen LogP contribution in [0.4, 0.5) is 13.2 Å². The summed E-state index contributed by atoms with van der Waals surface area (Å²) in [4.78, 5) is 0. The van der Waals surface area contributed by atoms with Gasteiger partial charge in [0.15, 0.2) is 0 Å². The van der Waals surface area contributed by atoms with Gasteiger partial charge in [-0.15, -0.1) is 12.4 Å². The molecule has 3 N–H and O–H groups in total. The van der Waals surface area contributed by atoms with Crippen molar-refractivity contribution in [3.8, 4) is 5.75 Å². The number of rotatable bonds is 3. The Morgan fingerprint density at radius 1 is 0.958 bits per heavy atom. The highest BCUT2D eigenvalue weighted by molar-refractivity contribution is 5.85. The van der Waals surface area contributed by atoms with Gasteiger partial charge in [0.1, 0.15) is 5.75 Å². The lowest BCUT2D eigenvalue weighted by molar-refractivity contribution is -0.136. The van der Waals surface area contributed by atoms with Crippen LogP contribution in [0.2, 0.25) is 0 Å². The zero-order valence-corrected chi connectivity index (χ0v) is 16.0. The van der Waals surface area contributed by atoms with Crippen molar-refractivity contribution in [2.45, 2.75) is 77.4 Å². The highest BCUT2D eigenvalue weighted by atomic mass is 35.5. The highest BCUT2D eigenvalue weighted by Crippen LogP contribution is 2.41. The lowest BCUT2D eigenvalue weighted by atomic mass is 9.77. The molecule has 1 atom stereocenters. The van der Waals surface area contributed by atoms with Gasteiger partial charge >= 0.3 is 6.18 Å². The number of nitrogens with two attached hydrogens (primary N) is 1. The first kappa shape index (κ1) is 23.1. The molecule has 0 aromatic heterocycles. The van der Waals surface area contributed by atoms with Crippen LogP contribution in [0.25, 0.3) is 0 Å². The fraction of sp³-hybridized carbons (Fsp3) is 0.667. The predicted molar refractivity (Wildman–Crippen MR) is 95.0 cm³/mol. The van der Waals surface area contributed by atoms with E-state index in [1.165, 1.54) is 0 Å². The van der Waals surface area contributed by atoms with Gasteiger partial charge in [0.25, 0.3) is 0 Å². The summed E-state index contributed by atoms with van der Waals surface area (Å²) in [5.74, 6) is 0.205. The molecule has 0 heterocycles. The van der Waals surface area contributed by atoms with Crippen molar-refractivity contribution in [2.75, 3.05) is 0 Å². The summed E-state index contributed by atoms with van der Waals surface area (Å²) < 4.78 is 37.3. The number of aromatic hydroxyl groups is 1. The molecule has 0 aliphatic carbocycles. The second-order valence-corrected chi connectivity index (χ2v) is 8.22. The van der Waals surface area contributed by atoms with E-state index >= 15 is 0 Å². The molecule has 0 saturated heterocycles. The number of hydrogen-bond donors (Lipinski definition) is 2. The maximum atomic E-state index is 12.4. The molecule has 0 unspecified atom stereocenters. The molecule has 6 heteroatoms. The number of halogens is 4. The van der Waals surface area contributed by atoms with E-state index in [4.69, 9.17) is 5.73 Å². The number of phenols is 1. The van der Waals surface area contributed by atoms with E-state index in [1.54, 1.807) is 12.1 Å². The molecule has 1 aromatic rings. The van der Waals surface area contributed by atoms with Gasteiger partial charge in [-0.25, -0.2) is 0 Å². The normalized spacial score (nSPS) is 14.2. The molecule has 0 radical (unpaired) electrons. The first-order valence-electron chi connectivity index (χ1n) is 7.83. The summed E-state index contributed by atoms with van der Waals surface area (Å²) in [6.07, 6.45) is -5.29. The molecule has 24 heavy (non-hydrogen) atoms. The highest BCUT2D eigenvalue weighted by Gasteiger charge is 2.30. The Kier molecular flexibility index (Phi) is 7.23. The molecule has 0 fully saturated rings. The Labute approximate surface area is 149 Å². The van der Waals surface area contributed by atoms with Crippen LogP contribution in [0.1, 0.15) is 77.1 Å². The van der Waals surface area contributed by atoms with Crippen LogP contribution in [-0.2, 0) is 10.8 Å². The first-order valence-corrected chi connectivity index (χ1v) is 7.83. The Balaban J connectivity index is 0.00000529. The van der Waals surface area contributed by atoms with E-state index in [0.717, 1.165) is 0 Å². The summed E-state index contributed by atoms with van der Waals surface area (Å²) in [5.41, 5.74) is 7.40. The Bertz CT molecular complexity index is 522. The maximum absolute atomic E-state index is 12.4. The lowest BCUT2D eigenvalue weighted by Crippen LogP contribution is -2.21. The van der Waals surface area contributed by atoms with Crippen molar-refractivity contribution in [2.24, 2.45) is 5.73 Å². The van der Waals surface area contributed by atoms with Crippen LogP contribution in [-0.4, -0.2) is 11.3 Å². The minimum atomic E-state index is -4.21. The molecule has 0 saturated carbocycles. The Hall–Kier alpha value is -0.940. The largest absolute Gasteiger partial charge is 0.507 e. The summed E-state index contributed by atoms with van der Waals surface area (Å²) in [7, 11) is 0. The molecule has 0 spiro atoms. The first-order chi connectivity index (χ1) is 10.1. The summed E-state index contributed by atoms with van der Waals surface area (Å²) in [5, 5.41) is 10.6. The fourth-order valence-corrected chi connectivity index (χ4v) is 2.50. The zero-order chi connectivity index (χ0) is 18.2. The summed E-state index contributed by atoms with van der Waals surface area (Å²) in [6, 6.07) is 2.77. The van der Waals surface area contributed by atoms with Crippen molar-refractivity contribution in [3.63, 3.8) is 0 Å². The topological polar surface area (TPSA) is 46.2 Å². The van der Waals surface area contributed by atoms with E-state index in [0.29, 0.717) is 16.7 Å². The van der Waals surface area contributed by atoms with Crippen LogP contribution in [0.3, 0.4) is 0 Å².